The molecule has 2 unspecified atom stereocenters. The van der Waals surface area contributed by atoms with Crippen LogP contribution < -0.4 is 10.1 Å². The third-order valence-electron chi connectivity index (χ3n) is 4.18. The summed E-state index contributed by atoms with van der Waals surface area (Å²) in [5.74, 6) is 3.10. The van der Waals surface area contributed by atoms with Gasteiger partial charge in [0.25, 0.3) is 0 Å². The maximum Gasteiger partial charge on any atom is 0.222 e. The molecule has 4 nitrogen and oxygen atoms in total. The first-order chi connectivity index (χ1) is 9.80. The molecule has 2 atom stereocenters. The van der Waals surface area contributed by atoms with E-state index in [0.717, 1.165) is 42.5 Å². The van der Waals surface area contributed by atoms with Gasteiger partial charge in [-0.3, -0.25) is 0 Å². The average molecular weight is 291 g/mol. The third kappa shape index (κ3) is 4.08. The van der Waals surface area contributed by atoms with Crippen LogP contribution in [0.25, 0.3) is 0 Å². The lowest BCUT2D eigenvalue weighted by Gasteiger charge is -2.38. The molecule has 2 rings (SSSR count). The number of anilines is 1. The van der Waals surface area contributed by atoms with Crippen molar-refractivity contribution in [3.63, 3.8) is 0 Å². The summed E-state index contributed by atoms with van der Waals surface area (Å²) in [5.41, 5.74) is 1.36. The van der Waals surface area contributed by atoms with E-state index in [1.54, 1.807) is 0 Å². The number of aryl methyl sites for hydroxylation is 1. The van der Waals surface area contributed by atoms with Gasteiger partial charge in [-0.25, -0.2) is 4.98 Å². The lowest BCUT2D eigenvalue weighted by molar-refractivity contribution is 0.0526. The van der Waals surface area contributed by atoms with Gasteiger partial charge in [0.15, 0.2) is 0 Å². The minimum Gasteiger partial charge on any atom is -0.474 e. The maximum absolute atomic E-state index is 6.27. The first-order valence-electron chi connectivity index (χ1n) is 8.06. The largest absolute Gasteiger partial charge is 0.474 e. The summed E-state index contributed by atoms with van der Waals surface area (Å²) in [7, 11) is 0. The van der Waals surface area contributed by atoms with Gasteiger partial charge in [0, 0.05) is 6.54 Å². The summed E-state index contributed by atoms with van der Waals surface area (Å²) in [6, 6.07) is 0. The Labute approximate surface area is 128 Å². The van der Waals surface area contributed by atoms with Gasteiger partial charge in [-0.2, -0.15) is 4.98 Å². The predicted molar refractivity (Wildman–Crippen MR) is 86.9 cm³/mol. The Balaban J connectivity index is 2.19. The van der Waals surface area contributed by atoms with E-state index in [1.807, 2.05) is 13.8 Å². The van der Waals surface area contributed by atoms with Crippen molar-refractivity contribution in [2.45, 2.75) is 66.9 Å². The lowest BCUT2D eigenvalue weighted by atomic mass is 9.71. The first kappa shape index (κ1) is 16.1. The van der Waals surface area contributed by atoms with Gasteiger partial charge >= 0.3 is 0 Å². The zero-order valence-electron chi connectivity index (χ0n) is 14.3. The highest BCUT2D eigenvalue weighted by Gasteiger charge is 2.33. The highest BCUT2D eigenvalue weighted by Crippen LogP contribution is 2.40. The van der Waals surface area contributed by atoms with E-state index in [1.165, 1.54) is 6.42 Å². The molecule has 0 amide bonds. The summed E-state index contributed by atoms with van der Waals surface area (Å²) in [6.45, 7) is 13.9. The summed E-state index contributed by atoms with van der Waals surface area (Å²) < 4.78 is 6.27. The molecule has 4 heteroatoms. The van der Waals surface area contributed by atoms with Crippen molar-refractivity contribution in [1.29, 1.82) is 0 Å². The van der Waals surface area contributed by atoms with Crippen LogP contribution in [0.4, 0.5) is 5.82 Å². The van der Waals surface area contributed by atoms with Gasteiger partial charge in [0.1, 0.15) is 17.7 Å². The fourth-order valence-electron chi connectivity index (χ4n) is 3.56. The second-order valence-electron chi connectivity index (χ2n) is 7.23. The Kier molecular flexibility index (Phi) is 4.74. The van der Waals surface area contributed by atoms with Crippen LogP contribution in [0.5, 0.6) is 5.88 Å². The zero-order valence-corrected chi connectivity index (χ0v) is 14.3. The highest BCUT2D eigenvalue weighted by atomic mass is 16.5. The van der Waals surface area contributed by atoms with Crippen LogP contribution in [0.2, 0.25) is 0 Å². The quantitative estimate of drug-likeness (QED) is 0.906. The van der Waals surface area contributed by atoms with Crippen molar-refractivity contribution < 1.29 is 4.74 Å². The molecule has 0 radical (unpaired) electrons. The summed E-state index contributed by atoms with van der Waals surface area (Å²) in [5, 5.41) is 3.29. The third-order valence-corrected chi connectivity index (χ3v) is 4.18. The molecule has 1 fully saturated rings. The number of ether oxygens (including phenoxy) is 1. The fraction of sp³-hybridized carbons (Fsp3) is 0.765. The zero-order chi connectivity index (χ0) is 15.6. The van der Waals surface area contributed by atoms with E-state index in [4.69, 9.17) is 4.74 Å². The molecule has 1 N–H and O–H groups in total. The standard InChI is InChI=1S/C17H29N3O/c1-7-18-15-12(3)16(20-13(4)19-15)21-14-8-11(2)9-17(5,6)10-14/h11,14H,7-10H2,1-6H3,(H,18,19,20). The van der Waals surface area contributed by atoms with E-state index >= 15 is 0 Å². The summed E-state index contributed by atoms with van der Waals surface area (Å²) in [4.78, 5) is 8.97. The van der Waals surface area contributed by atoms with Crippen LogP contribution in [0.1, 0.15) is 58.3 Å². The Bertz CT molecular complexity index is 499. The molecular weight excluding hydrogens is 262 g/mol. The SMILES string of the molecule is CCNc1nc(C)nc(OC2CC(C)CC(C)(C)C2)c1C. The summed E-state index contributed by atoms with van der Waals surface area (Å²) in [6.07, 6.45) is 3.74. The van der Waals surface area contributed by atoms with Gasteiger partial charge < -0.3 is 10.1 Å². The number of nitrogens with zero attached hydrogens (tertiary/aromatic N) is 2. The lowest BCUT2D eigenvalue weighted by Crippen LogP contribution is -2.34. The minimum absolute atomic E-state index is 0.256. The van der Waals surface area contributed by atoms with Crippen LogP contribution >= 0.6 is 0 Å². The molecule has 0 aliphatic heterocycles. The highest BCUT2D eigenvalue weighted by molar-refractivity contribution is 5.48. The molecule has 1 aromatic heterocycles. The van der Waals surface area contributed by atoms with E-state index in [2.05, 4.69) is 43.0 Å². The molecule has 0 spiro atoms. The molecule has 1 aliphatic carbocycles. The van der Waals surface area contributed by atoms with Crippen molar-refractivity contribution in [3.05, 3.63) is 11.4 Å². The van der Waals surface area contributed by atoms with Gasteiger partial charge in [-0.05, 0) is 51.4 Å². The number of nitrogens with one attached hydrogen (secondary N) is 1. The topological polar surface area (TPSA) is 47.0 Å². The van der Waals surface area contributed by atoms with Gasteiger partial charge in [-0.15, -0.1) is 0 Å². The van der Waals surface area contributed by atoms with Crippen LogP contribution in [0.15, 0.2) is 0 Å². The molecule has 1 saturated carbocycles. The van der Waals surface area contributed by atoms with Crippen molar-refractivity contribution in [2.24, 2.45) is 11.3 Å². The van der Waals surface area contributed by atoms with E-state index in [0.29, 0.717) is 11.3 Å². The minimum atomic E-state index is 0.256. The number of aromatic nitrogens is 2. The number of hydrogen-bond acceptors (Lipinski definition) is 4. The predicted octanol–water partition coefficient (Wildman–Crippen LogP) is 4.12. The second-order valence-corrected chi connectivity index (χ2v) is 7.23. The van der Waals surface area contributed by atoms with E-state index < -0.39 is 0 Å². The van der Waals surface area contributed by atoms with Crippen LogP contribution in [-0.2, 0) is 0 Å². The molecular formula is C17H29N3O. The smallest absolute Gasteiger partial charge is 0.222 e. The maximum atomic E-state index is 6.27. The molecule has 1 heterocycles. The molecule has 21 heavy (non-hydrogen) atoms. The van der Waals surface area contributed by atoms with Crippen LogP contribution in [0, 0.1) is 25.2 Å². The summed E-state index contributed by atoms with van der Waals surface area (Å²) >= 11 is 0. The molecule has 0 bridgehead atoms. The van der Waals surface area contributed by atoms with E-state index in [9.17, 15) is 0 Å². The second kappa shape index (κ2) is 6.20. The Morgan fingerprint density at radius 1 is 1.24 bits per heavy atom. The fourth-order valence-corrected chi connectivity index (χ4v) is 3.56. The van der Waals surface area contributed by atoms with Crippen molar-refractivity contribution in [1.82, 2.24) is 9.97 Å². The molecule has 0 aromatic carbocycles. The first-order valence-corrected chi connectivity index (χ1v) is 8.06. The van der Waals surface area contributed by atoms with Crippen molar-refractivity contribution >= 4 is 5.82 Å². The average Bonchev–Trinajstić information content (AvgIpc) is 2.32. The Morgan fingerprint density at radius 2 is 1.95 bits per heavy atom. The normalized spacial score (nSPS) is 24.7. The van der Waals surface area contributed by atoms with Crippen molar-refractivity contribution in [2.75, 3.05) is 11.9 Å². The Hall–Kier alpha value is -1.32. The van der Waals surface area contributed by atoms with Crippen LogP contribution in [-0.4, -0.2) is 22.6 Å². The van der Waals surface area contributed by atoms with Gasteiger partial charge in [0.05, 0.1) is 5.56 Å². The Morgan fingerprint density at radius 3 is 2.57 bits per heavy atom. The van der Waals surface area contributed by atoms with Gasteiger partial charge in [0.2, 0.25) is 5.88 Å². The number of rotatable bonds is 4. The van der Waals surface area contributed by atoms with Crippen molar-refractivity contribution in [3.8, 4) is 5.88 Å². The van der Waals surface area contributed by atoms with Gasteiger partial charge in [-0.1, -0.05) is 20.8 Å². The van der Waals surface area contributed by atoms with Crippen LogP contribution in [0.3, 0.4) is 0 Å². The molecule has 1 aliphatic rings. The molecule has 118 valence electrons. The monoisotopic (exact) mass is 291 g/mol. The number of hydrogen-bond donors (Lipinski definition) is 1. The molecule has 1 aromatic rings. The van der Waals surface area contributed by atoms with E-state index in [-0.39, 0.29) is 6.10 Å². The molecule has 0 saturated heterocycles.